The van der Waals surface area contributed by atoms with Crippen molar-refractivity contribution in [1.82, 2.24) is 14.2 Å². The molecule has 9 heteroatoms. The van der Waals surface area contributed by atoms with Crippen LogP contribution in [0.5, 0.6) is 5.75 Å². The predicted octanol–water partition coefficient (Wildman–Crippen LogP) is 3.79. The number of hydrogen-bond acceptors (Lipinski definition) is 6. The summed E-state index contributed by atoms with van der Waals surface area (Å²) in [5, 5.41) is 2.96. The smallest absolute Gasteiger partial charge is 0.253 e. The fourth-order valence-corrected chi connectivity index (χ4v) is 6.09. The number of piperazine rings is 1. The Balaban J connectivity index is 1.35. The Kier molecular flexibility index (Phi) is 6.83. The molecule has 4 rings (SSSR count). The molecule has 2 heterocycles. The van der Waals surface area contributed by atoms with E-state index in [2.05, 4.69) is 4.98 Å². The molecule has 33 heavy (non-hydrogen) atoms. The molecule has 1 aliphatic heterocycles. The van der Waals surface area contributed by atoms with Crippen molar-refractivity contribution in [2.75, 3.05) is 26.2 Å². The lowest BCUT2D eigenvalue weighted by Gasteiger charge is -2.34. The first-order valence-corrected chi connectivity index (χ1v) is 13.1. The Morgan fingerprint density at radius 3 is 2.36 bits per heavy atom. The van der Waals surface area contributed by atoms with Crippen molar-refractivity contribution in [2.45, 2.75) is 32.3 Å². The molecular weight excluding hydrogens is 458 g/mol. The third-order valence-corrected chi connectivity index (χ3v) is 8.50. The van der Waals surface area contributed by atoms with Crippen molar-refractivity contribution in [3.05, 3.63) is 75.2 Å². The maximum absolute atomic E-state index is 13.1. The van der Waals surface area contributed by atoms with Gasteiger partial charge in [0, 0.05) is 37.1 Å². The molecule has 0 atom stereocenters. The second kappa shape index (κ2) is 9.62. The maximum atomic E-state index is 13.1. The van der Waals surface area contributed by atoms with Gasteiger partial charge in [0.05, 0.1) is 15.6 Å². The highest BCUT2D eigenvalue weighted by atomic mass is 32.2. The fourth-order valence-electron chi connectivity index (χ4n) is 3.76. The van der Waals surface area contributed by atoms with Crippen molar-refractivity contribution in [1.29, 1.82) is 0 Å². The molecule has 174 valence electrons. The Morgan fingerprint density at radius 1 is 1.03 bits per heavy atom. The van der Waals surface area contributed by atoms with Crippen LogP contribution < -0.4 is 4.74 Å². The van der Waals surface area contributed by atoms with E-state index in [-0.39, 0.29) is 19.0 Å². The fraction of sp³-hybridized carbons (Fsp3) is 0.333. The van der Waals surface area contributed by atoms with E-state index in [1.807, 2.05) is 31.4 Å². The van der Waals surface area contributed by atoms with Gasteiger partial charge in [0.1, 0.15) is 12.4 Å². The molecule has 0 spiro atoms. The molecule has 1 amide bonds. The molecule has 0 radical (unpaired) electrons. The zero-order valence-corrected chi connectivity index (χ0v) is 20.6. The molecular formula is C24H27N3O4S2. The van der Waals surface area contributed by atoms with E-state index < -0.39 is 10.0 Å². The molecule has 0 unspecified atom stereocenters. The van der Waals surface area contributed by atoms with Gasteiger partial charge in [0.25, 0.3) is 5.91 Å². The number of thiazole rings is 1. The molecule has 1 aromatic heterocycles. The van der Waals surface area contributed by atoms with E-state index in [1.165, 1.54) is 4.31 Å². The van der Waals surface area contributed by atoms with Crippen molar-refractivity contribution in [2.24, 2.45) is 0 Å². The van der Waals surface area contributed by atoms with Gasteiger partial charge >= 0.3 is 0 Å². The number of amides is 1. The third-order valence-electron chi connectivity index (χ3n) is 5.64. The zero-order chi connectivity index (χ0) is 23.6. The summed E-state index contributed by atoms with van der Waals surface area (Å²) in [7, 11) is -3.59. The SMILES string of the molecule is Cc1ccc(C)c(S(=O)(=O)N2CCN(C(=O)c3ccc(OCc4csc(C)n4)cc3)CC2)c1. The lowest BCUT2D eigenvalue weighted by molar-refractivity contribution is 0.0698. The van der Waals surface area contributed by atoms with E-state index in [4.69, 9.17) is 4.74 Å². The summed E-state index contributed by atoms with van der Waals surface area (Å²) in [6.45, 7) is 7.27. The summed E-state index contributed by atoms with van der Waals surface area (Å²) < 4.78 is 33.4. The van der Waals surface area contributed by atoms with Gasteiger partial charge in [0.2, 0.25) is 10.0 Å². The van der Waals surface area contributed by atoms with Crippen molar-refractivity contribution >= 4 is 27.3 Å². The minimum absolute atomic E-state index is 0.111. The quantitative estimate of drug-likeness (QED) is 0.531. The van der Waals surface area contributed by atoms with Gasteiger partial charge < -0.3 is 9.64 Å². The Morgan fingerprint density at radius 2 is 1.73 bits per heavy atom. The maximum Gasteiger partial charge on any atom is 0.253 e. The van der Waals surface area contributed by atoms with Crippen LogP contribution in [0, 0.1) is 20.8 Å². The molecule has 1 aliphatic rings. The van der Waals surface area contributed by atoms with Crippen LogP contribution in [0.25, 0.3) is 0 Å². The number of benzene rings is 2. The van der Waals surface area contributed by atoms with E-state index in [9.17, 15) is 13.2 Å². The van der Waals surface area contributed by atoms with E-state index >= 15 is 0 Å². The van der Waals surface area contributed by atoms with Gasteiger partial charge in [-0.1, -0.05) is 12.1 Å². The number of aryl methyl sites for hydroxylation is 3. The second-order valence-electron chi connectivity index (χ2n) is 8.14. The van der Waals surface area contributed by atoms with Crippen LogP contribution in [0.15, 0.2) is 52.7 Å². The number of carbonyl (C=O) groups is 1. The summed E-state index contributed by atoms with van der Waals surface area (Å²) in [6, 6.07) is 12.5. The van der Waals surface area contributed by atoms with Gasteiger partial charge in [-0.05, 0) is 62.2 Å². The lowest BCUT2D eigenvalue weighted by atomic mass is 10.2. The first-order valence-electron chi connectivity index (χ1n) is 10.7. The summed E-state index contributed by atoms with van der Waals surface area (Å²) in [5.74, 6) is 0.558. The first kappa shape index (κ1) is 23.4. The monoisotopic (exact) mass is 485 g/mol. The van der Waals surface area contributed by atoms with Crippen LogP contribution in [0.1, 0.15) is 32.2 Å². The van der Waals surface area contributed by atoms with Crippen LogP contribution in [0.4, 0.5) is 0 Å². The Hall–Kier alpha value is -2.75. The largest absolute Gasteiger partial charge is 0.487 e. The van der Waals surface area contributed by atoms with E-state index in [0.29, 0.717) is 35.9 Å². The zero-order valence-electron chi connectivity index (χ0n) is 18.9. The summed E-state index contributed by atoms with van der Waals surface area (Å²) in [5.41, 5.74) is 3.07. The number of aromatic nitrogens is 1. The third kappa shape index (κ3) is 5.26. The average Bonchev–Trinajstić information content (AvgIpc) is 3.24. The standard InChI is InChI=1S/C24H27N3O4S2/c1-17-4-5-18(2)23(14-17)33(29,30)27-12-10-26(11-13-27)24(28)20-6-8-22(9-7-20)31-15-21-16-32-19(3)25-21/h4-9,14,16H,10-13,15H2,1-3H3. The van der Waals surface area contributed by atoms with Gasteiger partial charge in [-0.15, -0.1) is 11.3 Å². The lowest BCUT2D eigenvalue weighted by Crippen LogP contribution is -2.50. The first-order chi connectivity index (χ1) is 15.7. The predicted molar refractivity (Wildman–Crippen MR) is 128 cm³/mol. The van der Waals surface area contributed by atoms with Crippen LogP contribution >= 0.6 is 11.3 Å². The van der Waals surface area contributed by atoms with Crippen molar-refractivity contribution in [3.8, 4) is 5.75 Å². The summed E-state index contributed by atoms with van der Waals surface area (Å²) in [4.78, 5) is 19.3. The number of rotatable bonds is 6. The molecule has 1 fully saturated rings. The molecule has 0 aliphatic carbocycles. The highest BCUT2D eigenvalue weighted by Crippen LogP contribution is 2.23. The van der Waals surface area contributed by atoms with E-state index in [0.717, 1.165) is 21.8 Å². The summed E-state index contributed by atoms with van der Waals surface area (Å²) >= 11 is 1.58. The number of hydrogen-bond donors (Lipinski definition) is 0. The Labute approximate surface area is 198 Å². The van der Waals surface area contributed by atoms with Gasteiger partial charge in [-0.25, -0.2) is 13.4 Å². The molecule has 0 N–H and O–H groups in total. The van der Waals surface area contributed by atoms with Gasteiger partial charge in [-0.2, -0.15) is 4.31 Å². The topological polar surface area (TPSA) is 79.8 Å². The number of nitrogens with zero attached hydrogens (tertiary/aromatic N) is 3. The molecule has 1 saturated heterocycles. The normalized spacial score (nSPS) is 14.9. The molecule has 3 aromatic rings. The van der Waals surface area contributed by atoms with Gasteiger partial charge in [-0.3, -0.25) is 4.79 Å². The highest BCUT2D eigenvalue weighted by Gasteiger charge is 2.31. The van der Waals surface area contributed by atoms with Crippen LogP contribution in [0.2, 0.25) is 0 Å². The highest BCUT2D eigenvalue weighted by molar-refractivity contribution is 7.89. The van der Waals surface area contributed by atoms with E-state index in [1.54, 1.807) is 53.5 Å². The molecule has 7 nitrogen and oxygen atoms in total. The van der Waals surface area contributed by atoms with Crippen molar-refractivity contribution in [3.63, 3.8) is 0 Å². The minimum atomic E-state index is -3.59. The molecule has 0 bridgehead atoms. The average molecular weight is 486 g/mol. The Bertz CT molecular complexity index is 1240. The number of ether oxygens (including phenoxy) is 1. The van der Waals surface area contributed by atoms with Crippen LogP contribution in [0.3, 0.4) is 0 Å². The van der Waals surface area contributed by atoms with Crippen molar-refractivity contribution < 1.29 is 17.9 Å². The number of carbonyl (C=O) groups excluding carboxylic acids is 1. The van der Waals surface area contributed by atoms with Crippen LogP contribution in [-0.4, -0.2) is 54.7 Å². The van der Waals surface area contributed by atoms with Crippen LogP contribution in [-0.2, 0) is 16.6 Å². The molecule has 0 saturated carbocycles. The van der Waals surface area contributed by atoms with Gasteiger partial charge in [0.15, 0.2) is 0 Å². The second-order valence-corrected chi connectivity index (χ2v) is 11.1. The summed E-state index contributed by atoms with van der Waals surface area (Å²) in [6.07, 6.45) is 0. The molecule has 2 aromatic carbocycles. The number of sulfonamides is 1. The minimum Gasteiger partial charge on any atom is -0.487 e.